The highest BCUT2D eigenvalue weighted by molar-refractivity contribution is 6.30. The second kappa shape index (κ2) is 5.59. The summed E-state index contributed by atoms with van der Waals surface area (Å²) in [5.74, 6) is 0. The van der Waals surface area contributed by atoms with Gasteiger partial charge in [-0.3, -0.25) is 0 Å². The van der Waals surface area contributed by atoms with Gasteiger partial charge in [-0.1, -0.05) is 24.4 Å². The van der Waals surface area contributed by atoms with Gasteiger partial charge in [0, 0.05) is 10.7 Å². The van der Waals surface area contributed by atoms with Gasteiger partial charge in [0.05, 0.1) is 17.7 Å². The number of aliphatic hydroxyl groups excluding tert-OH is 1. The van der Waals surface area contributed by atoms with E-state index in [2.05, 4.69) is 5.32 Å². The SMILES string of the molecule is O[C@@H]1CCCC[C@H]1Nc1cc(Cl)cc(C(F)(F)F)c1. The molecule has 1 saturated carbocycles. The van der Waals surface area contributed by atoms with Crippen LogP contribution in [0.15, 0.2) is 18.2 Å². The van der Waals surface area contributed by atoms with Gasteiger partial charge in [-0.25, -0.2) is 0 Å². The van der Waals surface area contributed by atoms with E-state index in [0.29, 0.717) is 12.1 Å². The molecule has 2 atom stereocenters. The highest BCUT2D eigenvalue weighted by Gasteiger charge is 2.31. The molecule has 2 nitrogen and oxygen atoms in total. The summed E-state index contributed by atoms with van der Waals surface area (Å²) in [4.78, 5) is 0. The number of aliphatic hydroxyl groups is 1. The van der Waals surface area contributed by atoms with E-state index < -0.39 is 17.8 Å². The van der Waals surface area contributed by atoms with Gasteiger partial charge in [-0.2, -0.15) is 13.2 Å². The van der Waals surface area contributed by atoms with Gasteiger partial charge in [0.1, 0.15) is 0 Å². The fraction of sp³-hybridized carbons (Fsp3) is 0.538. The molecular weight excluding hydrogens is 279 g/mol. The van der Waals surface area contributed by atoms with E-state index in [4.69, 9.17) is 11.6 Å². The zero-order valence-corrected chi connectivity index (χ0v) is 10.9. The first-order valence-corrected chi connectivity index (χ1v) is 6.56. The van der Waals surface area contributed by atoms with E-state index in [-0.39, 0.29) is 11.1 Å². The van der Waals surface area contributed by atoms with Gasteiger partial charge < -0.3 is 10.4 Å². The van der Waals surface area contributed by atoms with Crippen molar-refractivity contribution < 1.29 is 18.3 Å². The third kappa shape index (κ3) is 3.76. The quantitative estimate of drug-likeness (QED) is 0.861. The lowest BCUT2D eigenvalue weighted by Crippen LogP contribution is -2.36. The number of alkyl halides is 3. The lowest BCUT2D eigenvalue weighted by Gasteiger charge is -2.29. The van der Waals surface area contributed by atoms with Crippen molar-refractivity contribution in [2.75, 3.05) is 5.32 Å². The van der Waals surface area contributed by atoms with E-state index in [1.807, 2.05) is 0 Å². The van der Waals surface area contributed by atoms with Crippen LogP contribution in [0.5, 0.6) is 0 Å². The van der Waals surface area contributed by atoms with Crippen LogP contribution in [0.1, 0.15) is 31.2 Å². The van der Waals surface area contributed by atoms with Crippen molar-refractivity contribution in [2.24, 2.45) is 0 Å². The summed E-state index contributed by atoms with van der Waals surface area (Å²) in [5, 5.41) is 12.8. The van der Waals surface area contributed by atoms with Gasteiger partial charge in [-0.15, -0.1) is 0 Å². The smallest absolute Gasteiger partial charge is 0.391 e. The van der Waals surface area contributed by atoms with Gasteiger partial charge in [0.25, 0.3) is 0 Å². The molecule has 1 aliphatic rings. The molecule has 2 rings (SSSR count). The largest absolute Gasteiger partial charge is 0.416 e. The predicted molar refractivity (Wildman–Crippen MR) is 68.3 cm³/mol. The van der Waals surface area contributed by atoms with Crippen LogP contribution in [0.3, 0.4) is 0 Å². The van der Waals surface area contributed by atoms with Crippen LogP contribution in [0, 0.1) is 0 Å². The molecule has 1 aromatic carbocycles. The molecule has 0 aliphatic heterocycles. The van der Waals surface area contributed by atoms with Crippen LogP contribution in [0.2, 0.25) is 5.02 Å². The third-order valence-electron chi connectivity index (χ3n) is 3.31. The van der Waals surface area contributed by atoms with Crippen molar-refractivity contribution in [2.45, 2.75) is 44.0 Å². The Morgan fingerprint density at radius 2 is 1.84 bits per heavy atom. The fourth-order valence-corrected chi connectivity index (χ4v) is 2.57. The maximum absolute atomic E-state index is 12.7. The molecule has 1 aliphatic carbocycles. The summed E-state index contributed by atoms with van der Waals surface area (Å²) in [6.45, 7) is 0. The standard InChI is InChI=1S/C13H15ClF3NO/c14-9-5-8(13(15,16)17)6-10(7-9)18-11-3-1-2-4-12(11)19/h5-7,11-12,18-19H,1-4H2/t11-,12-/m1/s1. The molecule has 0 spiro atoms. The number of benzene rings is 1. The number of nitrogens with one attached hydrogen (secondary N) is 1. The maximum atomic E-state index is 12.7. The van der Waals surface area contributed by atoms with E-state index in [9.17, 15) is 18.3 Å². The van der Waals surface area contributed by atoms with Crippen LogP contribution >= 0.6 is 11.6 Å². The Hall–Kier alpha value is -0.940. The van der Waals surface area contributed by atoms with E-state index in [1.54, 1.807) is 0 Å². The molecule has 1 aromatic rings. The minimum absolute atomic E-state index is 0.0302. The molecular formula is C13H15ClF3NO. The summed E-state index contributed by atoms with van der Waals surface area (Å²) in [6.07, 6.45) is -1.63. The van der Waals surface area contributed by atoms with Gasteiger partial charge in [-0.05, 0) is 31.0 Å². The molecule has 19 heavy (non-hydrogen) atoms. The van der Waals surface area contributed by atoms with Crippen molar-refractivity contribution in [3.8, 4) is 0 Å². The van der Waals surface area contributed by atoms with Gasteiger partial charge in [0.2, 0.25) is 0 Å². The molecule has 106 valence electrons. The number of hydrogen-bond acceptors (Lipinski definition) is 2. The van der Waals surface area contributed by atoms with Crippen molar-refractivity contribution in [1.82, 2.24) is 0 Å². The second-order valence-electron chi connectivity index (χ2n) is 4.83. The Kier molecular flexibility index (Phi) is 4.26. The average molecular weight is 294 g/mol. The zero-order valence-electron chi connectivity index (χ0n) is 10.2. The predicted octanol–water partition coefficient (Wildman–Crippen LogP) is 4.07. The second-order valence-corrected chi connectivity index (χ2v) is 5.27. The Balaban J connectivity index is 2.18. The molecule has 1 fully saturated rings. The summed E-state index contributed by atoms with van der Waals surface area (Å²) in [5.41, 5.74) is -0.487. The molecule has 6 heteroatoms. The van der Waals surface area contributed by atoms with Crippen LogP contribution in [-0.4, -0.2) is 17.3 Å². The van der Waals surface area contributed by atoms with Crippen molar-refractivity contribution in [3.05, 3.63) is 28.8 Å². The minimum atomic E-state index is -4.42. The molecule has 0 saturated heterocycles. The molecule has 0 unspecified atom stereocenters. The number of rotatable bonds is 2. The van der Waals surface area contributed by atoms with Crippen LogP contribution in [0.25, 0.3) is 0 Å². The first-order valence-electron chi connectivity index (χ1n) is 6.18. The van der Waals surface area contributed by atoms with E-state index in [0.717, 1.165) is 31.4 Å². The molecule has 2 N–H and O–H groups in total. The fourth-order valence-electron chi connectivity index (χ4n) is 2.33. The normalized spacial score (nSPS) is 24.3. The summed E-state index contributed by atoms with van der Waals surface area (Å²) in [7, 11) is 0. The lowest BCUT2D eigenvalue weighted by molar-refractivity contribution is -0.137. The van der Waals surface area contributed by atoms with Crippen LogP contribution in [-0.2, 0) is 6.18 Å². The minimum Gasteiger partial charge on any atom is -0.391 e. The molecule has 0 bridgehead atoms. The molecule has 0 radical (unpaired) electrons. The third-order valence-corrected chi connectivity index (χ3v) is 3.52. The van der Waals surface area contributed by atoms with Gasteiger partial charge in [0.15, 0.2) is 0 Å². The molecule has 0 heterocycles. The van der Waals surface area contributed by atoms with Crippen molar-refractivity contribution in [3.63, 3.8) is 0 Å². The summed E-state index contributed by atoms with van der Waals surface area (Å²) in [6, 6.07) is 3.14. The number of anilines is 1. The Morgan fingerprint density at radius 1 is 1.16 bits per heavy atom. The topological polar surface area (TPSA) is 32.3 Å². The van der Waals surface area contributed by atoms with Crippen LogP contribution < -0.4 is 5.32 Å². The van der Waals surface area contributed by atoms with E-state index in [1.165, 1.54) is 6.07 Å². The monoisotopic (exact) mass is 293 g/mol. The van der Waals surface area contributed by atoms with Crippen LogP contribution in [0.4, 0.5) is 18.9 Å². The van der Waals surface area contributed by atoms with E-state index >= 15 is 0 Å². The maximum Gasteiger partial charge on any atom is 0.416 e. The average Bonchev–Trinajstić information content (AvgIpc) is 2.30. The van der Waals surface area contributed by atoms with Crippen molar-refractivity contribution >= 4 is 17.3 Å². The van der Waals surface area contributed by atoms with Crippen molar-refractivity contribution in [1.29, 1.82) is 0 Å². The summed E-state index contributed by atoms with van der Waals surface area (Å²) >= 11 is 5.71. The summed E-state index contributed by atoms with van der Waals surface area (Å²) < 4.78 is 38.0. The first kappa shape index (κ1) is 14.5. The zero-order chi connectivity index (χ0) is 14.0. The highest BCUT2D eigenvalue weighted by atomic mass is 35.5. The molecule has 0 amide bonds. The first-order chi connectivity index (χ1) is 8.86. The number of hydrogen-bond donors (Lipinski definition) is 2. The molecule has 0 aromatic heterocycles. The Morgan fingerprint density at radius 3 is 2.47 bits per heavy atom. The number of halogens is 4. The highest BCUT2D eigenvalue weighted by Crippen LogP contribution is 2.34. The lowest BCUT2D eigenvalue weighted by atomic mass is 9.92. The Bertz CT molecular complexity index is 450. The Labute approximate surface area is 114 Å². The van der Waals surface area contributed by atoms with Gasteiger partial charge >= 0.3 is 6.18 Å².